The molecule has 0 radical (unpaired) electrons. The molecule has 1 heterocycles. The molecule has 0 aromatic carbocycles. The predicted octanol–water partition coefficient (Wildman–Crippen LogP) is 1.69. The van der Waals surface area contributed by atoms with Gasteiger partial charge >= 0.3 is 0 Å². The van der Waals surface area contributed by atoms with Gasteiger partial charge in [0.1, 0.15) is 0 Å². The fourth-order valence-corrected chi connectivity index (χ4v) is 4.84. The van der Waals surface area contributed by atoms with Gasteiger partial charge in [0.25, 0.3) is 0 Å². The molecular formula is C13H20O3. The van der Waals surface area contributed by atoms with Gasteiger partial charge in [-0.3, -0.25) is 0 Å². The molecule has 4 saturated carbocycles. The van der Waals surface area contributed by atoms with Crippen molar-refractivity contribution in [3.05, 3.63) is 0 Å². The average molecular weight is 224 g/mol. The first-order chi connectivity index (χ1) is 7.70. The molecule has 1 spiro atoms. The molecule has 2 atom stereocenters. The molecule has 2 unspecified atom stereocenters. The lowest BCUT2D eigenvalue weighted by Gasteiger charge is -2.53. The lowest BCUT2D eigenvalue weighted by molar-refractivity contribution is -0.284. The number of fused-ring (bicyclic) bond motifs is 1. The number of hydrogen-bond donors (Lipinski definition) is 1. The molecule has 0 aromatic heterocycles. The van der Waals surface area contributed by atoms with Gasteiger partial charge in [-0.15, -0.1) is 0 Å². The van der Waals surface area contributed by atoms with E-state index >= 15 is 0 Å². The van der Waals surface area contributed by atoms with Gasteiger partial charge in [-0.1, -0.05) is 0 Å². The van der Waals surface area contributed by atoms with Crippen LogP contribution in [0.4, 0.5) is 0 Å². The quantitative estimate of drug-likeness (QED) is 0.680. The highest BCUT2D eigenvalue weighted by Gasteiger charge is 2.62. The van der Waals surface area contributed by atoms with E-state index < -0.39 is 5.60 Å². The van der Waals surface area contributed by atoms with Gasteiger partial charge in [-0.05, 0) is 44.4 Å². The zero-order valence-corrected chi connectivity index (χ0v) is 9.65. The van der Waals surface area contributed by atoms with Gasteiger partial charge in [0.2, 0.25) is 0 Å². The van der Waals surface area contributed by atoms with Crippen LogP contribution in [0.2, 0.25) is 0 Å². The van der Waals surface area contributed by atoms with Crippen molar-refractivity contribution in [3.63, 3.8) is 0 Å². The zero-order valence-electron chi connectivity index (χ0n) is 9.65. The van der Waals surface area contributed by atoms with Crippen molar-refractivity contribution in [1.29, 1.82) is 0 Å². The fourth-order valence-electron chi connectivity index (χ4n) is 4.84. The third-order valence-corrected chi connectivity index (χ3v) is 5.38. The maximum atomic E-state index is 10.6. The highest BCUT2D eigenvalue weighted by Crippen LogP contribution is 2.60. The SMILES string of the molecule is OC12CCC3CC(C1)C1(OCCO1)C(C3)C2. The minimum Gasteiger partial charge on any atom is -0.390 e. The Morgan fingerprint density at radius 2 is 1.62 bits per heavy atom. The molecule has 5 aliphatic rings. The molecule has 3 heteroatoms. The van der Waals surface area contributed by atoms with Crippen molar-refractivity contribution >= 4 is 0 Å². The first-order valence-corrected chi connectivity index (χ1v) is 6.70. The Morgan fingerprint density at radius 1 is 1.00 bits per heavy atom. The minimum absolute atomic E-state index is 0.299. The number of hydrogen-bond acceptors (Lipinski definition) is 3. The Hall–Kier alpha value is -0.120. The van der Waals surface area contributed by atoms with E-state index in [2.05, 4.69) is 0 Å². The summed E-state index contributed by atoms with van der Waals surface area (Å²) >= 11 is 0. The summed E-state index contributed by atoms with van der Waals surface area (Å²) in [5.74, 6) is 1.40. The highest BCUT2D eigenvalue weighted by atomic mass is 16.7. The fraction of sp³-hybridized carbons (Fsp3) is 1.00. The van der Waals surface area contributed by atoms with Crippen LogP contribution in [0, 0.1) is 17.8 Å². The van der Waals surface area contributed by atoms with Gasteiger partial charge in [-0.2, -0.15) is 0 Å². The van der Waals surface area contributed by atoms with Gasteiger partial charge < -0.3 is 14.6 Å². The van der Waals surface area contributed by atoms with Crippen molar-refractivity contribution < 1.29 is 14.6 Å². The Morgan fingerprint density at radius 3 is 2.25 bits per heavy atom. The monoisotopic (exact) mass is 224 g/mol. The van der Waals surface area contributed by atoms with Crippen molar-refractivity contribution in [2.24, 2.45) is 17.8 Å². The second-order valence-corrected chi connectivity index (χ2v) is 6.32. The molecule has 0 amide bonds. The highest BCUT2D eigenvalue weighted by molar-refractivity contribution is 5.08. The Labute approximate surface area is 96.1 Å². The van der Waals surface area contributed by atoms with E-state index in [9.17, 15) is 5.11 Å². The van der Waals surface area contributed by atoms with Crippen LogP contribution in [-0.2, 0) is 9.47 Å². The summed E-state index contributed by atoms with van der Waals surface area (Å²) in [5, 5.41) is 10.6. The summed E-state index contributed by atoms with van der Waals surface area (Å²) in [5.41, 5.74) is -0.402. The Bertz CT molecular complexity index is 290. The van der Waals surface area contributed by atoms with Crippen molar-refractivity contribution in [1.82, 2.24) is 0 Å². The molecular weight excluding hydrogens is 204 g/mol. The summed E-state index contributed by atoms with van der Waals surface area (Å²) in [7, 11) is 0. The van der Waals surface area contributed by atoms with Crippen LogP contribution in [0.5, 0.6) is 0 Å². The van der Waals surface area contributed by atoms with E-state index in [1.165, 1.54) is 19.3 Å². The molecule has 1 saturated heterocycles. The maximum absolute atomic E-state index is 10.6. The second-order valence-electron chi connectivity index (χ2n) is 6.32. The summed E-state index contributed by atoms with van der Waals surface area (Å²) in [6.07, 6.45) is 6.43. The lowest BCUT2D eigenvalue weighted by atomic mass is 9.62. The van der Waals surface area contributed by atoms with Gasteiger partial charge in [-0.25, -0.2) is 0 Å². The van der Waals surface area contributed by atoms with E-state index in [0.29, 0.717) is 11.8 Å². The summed E-state index contributed by atoms with van der Waals surface area (Å²) in [4.78, 5) is 0. The van der Waals surface area contributed by atoms with Crippen LogP contribution in [-0.4, -0.2) is 29.7 Å². The molecule has 1 N–H and O–H groups in total. The van der Waals surface area contributed by atoms with Crippen LogP contribution >= 0.6 is 0 Å². The van der Waals surface area contributed by atoms with E-state index in [0.717, 1.165) is 38.4 Å². The first kappa shape index (κ1) is 9.86. The molecule has 90 valence electrons. The molecule has 0 aromatic rings. The van der Waals surface area contributed by atoms with Crippen LogP contribution < -0.4 is 0 Å². The van der Waals surface area contributed by atoms with Gasteiger partial charge in [0.15, 0.2) is 5.79 Å². The summed E-state index contributed by atoms with van der Waals surface area (Å²) < 4.78 is 12.0. The second kappa shape index (κ2) is 3.01. The van der Waals surface area contributed by atoms with Gasteiger partial charge in [0, 0.05) is 11.8 Å². The molecule has 5 rings (SSSR count). The molecule has 4 bridgehead atoms. The van der Waals surface area contributed by atoms with Crippen molar-refractivity contribution in [2.45, 2.75) is 49.9 Å². The number of aliphatic hydroxyl groups is 1. The molecule has 4 aliphatic carbocycles. The topological polar surface area (TPSA) is 38.7 Å². The summed E-state index contributed by atoms with van der Waals surface area (Å²) in [6.45, 7) is 1.49. The van der Waals surface area contributed by atoms with Crippen LogP contribution in [0.25, 0.3) is 0 Å². The first-order valence-electron chi connectivity index (χ1n) is 6.70. The predicted molar refractivity (Wildman–Crippen MR) is 57.8 cm³/mol. The molecule has 3 nitrogen and oxygen atoms in total. The number of rotatable bonds is 0. The molecule has 16 heavy (non-hydrogen) atoms. The van der Waals surface area contributed by atoms with Gasteiger partial charge in [0.05, 0.1) is 18.8 Å². The van der Waals surface area contributed by atoms with E-state index in [-0.39, 0.29) is 5.79 Å². The Kier molecular flexibility index (Phi) is 1.85. The molecule has 5 fully saturated rings. The van der Waals surface area contributed by atoms with Crippen molar-refractivity contribution in [2.75, 3.05) is 13.2 Å². The molecule has 1 aliphatic heterocycles. The third-order valence-electron chi connectivity index (χ3n) is 5.38. The standard InChI is InChI=1S/C13H20O3/c14-12-2-1-9-5-10(7-12)13(11(6-9)8-12)15-3-4-16-13/h9-11,14H,1-8H2. The van der Waals surface area contributed by atoms with Crippen LogP contribution in [0.1, 0.15) is 38.5 Å². The van der Waals surface area contributed by atoms with E-state index in [1.807, 2.05) is 0 Å². The maximum Gasteiger partial charge on any atom is 0.174 e. The summed E-state index contributed by atoms with van der Waals surface area (Å²) in [6, 6.07) is 0. The largest absolute Gasteiger partial charge is 0.390 e. The smallest absolute Gasteiger partial charge is 0.174 e. The Balaban J connectivity index is 1.75. The minimum atomic E-state index is -0.402. The average Bonchev–Trinajstić information content (AvgIpc) is 2.60. The van der Waals surface area contributed by atoms with E-state index in [1.54, 1.807) is 0 Å². The number of ether oxygens (including phenoxy) is 2. The van der Waals surface area contributed by atoms with Crippen LogP contribution in [0.3, 0.4) is 0 Å². The zero-order chi connectivity index (χ0) is 10.8. The van der Waals surface area contributed by atoms with Crippen LogP contribution in [0.15, 0.2) is 0 Å². The normalized spacial score (nSPS) is 53.4. The lowest BCUT2D eigenvalue weighted by Crippen LogP contribution is -2.57. The van der Waals surface area contributed by atoms with E-state index in [4.69, 9.17) is 9.47 Å². The van der Waals surface area contributed by atoms with Crippen molar-refractivity contribution in [3.8, 4) is 0 Å². The third kappa shape index (κ3) is 1.14.